The van der Waals surface area contributed by atoms with Crippen molar-refractivity contribution in [2.24, 2.45) is 0 Å². The summed E-state index contributed by atoms with van der Waals surface area (Å²) in [7, 11) is -4.60. The molecule has 318 valence electrons. The number of unbranched alkanes of at least 4 members (excludes halogenated alkanes) is 21. The van der Waals surface area contributed by atoms with Crippen molar-refractivity contribution in [3.63, 3.8) is 0 Å². The Labute approximate surface area is 326 Å². The SMILES string of the molecule is CCCC/C=C/CCCCCCCC(=O)O[C@H](COC(=O)CCCCCCCCCCCCCCCCC)CO[C@H]1O[C@H](CS(=O)(=O)O)[C@@H](O)C(O)C1O. The van der Waals surface area contributed by atoms with E-state index in [4.69, 9.17) is 18.9 Å². The molecular weight excluding hydrogens is 717 g/mol. The molecule has 0 aromatic carbocycles. The fourth-order valence-corrected chi connectivity index (χ4v) is 7.17. The maximum absolute atomic E-state index is 12.7. The Morgan fingerprint density at radius 3 is 1.59 bits per heavy atom. The monoisotopic (exact) mass is 793 g/mol. The van der Waals surface area contributed by atoms with Gasteiger partial charge in [-0.3, -0.25) is 14.1 Å². The molecule has 0 bridgehead atoms. The van der Waals surface area contributed by atoms with Gasteiger partial charge in [0.25, 0.3) is 10.1 Å². The third-order valence-electron chi connectivity index (χ3n) is 9.85. The lowest BCUT2D eigenvalue weighted by Gasteiger charge is -2.40. The largest absolute Gasteiger partial charge is 0.462 e. The van der Waals surface area contributed by atoms with Crippen LogP contribution in [0, 0.1) is 0 Å². The second-order valence-electron chi connectivity index (χ2n) is 15.0. The highest BCUT2D eigenvalue weighted by molar-refractivity contribution is 7.85. The van der Waals surface area contributed by atoms with E-state index in [2.05, 4.69) is 26.0 Å². The molecule has 2 unspecified atom stereocenters. The number of carbonyl (C=O) groups is 2. The molecule has 1 saturated heterocycles. The number of aliphatic hydroxyl groups is 3. The van der Waals surface area contributed by atoms with E-state index < -0.39 is 71.2 Å². The summed E-state index contributed by atoms with van der Waals surface area (Å²) in [6.45, 7) is 3.71. The van der Waals surface area contributed by atoms with Gasteiger partial charge >= 0.3 is 11.9 Å². The van der Waals surface area contributed by atoms with Gasteiger partial charge in [0.2, 0.25) is 0 Å². The number of hydrogen-bond acceptors (Lipinski definition) is 11. The molecule has 54 heavy (non-hydrogen) atoms. The fourth-order valence-electron chi connectivity index (χ4n) is 6.48. The van der Waals surface area contributed by atoms with Crippen molar-refractivity contribution in [1.82, 2.24) is 0 Å². The van der Waals surface area contributed by atoms with Crippen LogP contribution in [-0.2, 0) is 38.7 Å². The van der Waals surface area contributed by atoms with E-state index >= 15 is 0 Å². The van der Waals surface area contributed by atoms with Crippen LogP contribution in [0.2, 0.25) is 0 Å². The van der Waals surface area contributed by atoms with Crippen molar-refractivity contribution in [3.05, 3.63) is 12.2 Å². The molecule has 1 aliphatic heterocycles. The number of hydrogen-bond donors (Lipinski definition) is 4. The summed E-state index contributed by atoms with van der Waals surface area (Å²) in [5.74, 6) is -1.99. The Balaban J connectivity index is 2.46. The van der Waals surface area contributed by atoms with Gasteiger partial charge in [-0.05, 0) is 32.1 Å². The molecule has 1 fully saturated rings. The molecule has 0 amide bonds. The Hall–Kier alpha value is -1.61. The number of aliphatic hydroxyl groups excluding tert-OH is 3. The number of allylic oxidation sites excluding steroid dienone is 2. The van der Waals surface area contributed by atoms with Crippen LogP contribution in [0.15, 0.2) is 12.2 Å². The summed E-state index contributed by atoms with van der Waals surface area (Å²) < 4.78 is 53.9. The van der Waals surface area contributed by atoms with Crippen LogP contribution in [-0.4, -0.2) is 96.0 Å². The van der Waals surface area contributed by atoms with Crippen molar-refractivity contribution in [3.8, 4) is 0 Å². The fraction of sp³-hybridized carbons (Fsp3) is 0.902. The van der Waals surface area contributed by atoms with Gasteiger partial charge in [-0.15, -0.1) is 0 Å². The molecule has 12 nitrogen and oxygen atoms in total. The topological polar surface area (TPSA) is 186 Å². The summed E-state index contributed by atoms with van der Waals surface area (Å²) in [5.41, 5.74) is 0. The van der Waals surface area contributed by atoms with Crippen molar-refractivity contribution in [2.75, 3.05) is 19.0 Å². The molecule has 0 aliphatic carbocycles. The number of rotatable bonds is 35. The first kappa shape index (κ1) is 50.4. The highest BCUT2D eigenvalue weighted by atomic mass is 32.2. The Morgan fingerprint density at radius 1 is 0.611 bits per heavy atom. The molecular formula is C41H76O12S. The summed E-state index contributed by atoms with van der Waals surface area (Å²) in [6, 6.07) is 0. The van der Waals surface area contributed by atoms with E-state index in [0.29, 0.717) is 12.8 Å². The normalized spacial score (nSPS) is 21.0. The summed E-state index contributed by atoms with van der Waals surface area (Å²) in [4.78, 5) is 25.3. The van der Waals surface area contributed by atoms with Gasteiger partial charge < -0.3 is 34.3 Å². The van der Waals surface area contributed by atoms with Crippen molar-refractivity contribution < 1.29 is 56.8 Å². The van der Waals surface area contributed by atoms with E-state index in [0.717, 1.165) is 57.8 Å². The zero-order valence-corrected chi connectivity index (χ0v) is 34.4. The van der Waals surface area contributed by atoms with Gasteiger partial charge in [0.05, 0.1) is 6.61 Å². The third kappa shape index (κ3) is 27.1. The van der Waals surface area contributed by atoms with Gasteiger partial charge in [-0.25, -0.2) is 0 Å². The molecule has 13 heteroatoms. The molecule has 6 atom stereocenters. The zero-order chi connectivity index (χ0) is 39.9. The van der Waals surface area contributed by atoms with Crippen LogP contribution in [0.3, 0.4) is 0 Å². The number of carbonyl (C=O) groups excluding carboxylic acids is 2. The molecule has 1 rings (SSSR count). The molecule has 1 aliphatic rings. The molecule has 0 saturated carbocycles. The predicted octanol–water partition coefficient (Wildman–Crippen LogP) is 7.89. The molecule has 0 spiro atoms. The number of ether oxygens (including phenoxy) is 4. The first-order chi connectivity index (χ1) is 26.0. The van der Waals surface area contributed by atoms with Crippen LogP contribution in [0.5, 0.6) is 0 Å². The third-order valence-corrected chi connectivity index (χ3v) is 10.6. The first-order valence-electron chi connectivity index (χ1n) is 21.2. The maximum atomic E-state index is 12.7. The van der Waals surface area contributed by atoms with Gasteiger partial charge in [0.15, 0.2) is 12.4 Å². The molecule has 4 N–H and O–H groups in total. The van der Waals surface area contributed by atoms with Gasteiger partial charge in [0, 0.05) is 12.8 Å². The maximum Gasteiger partial charge on any atom is 0.306 e. The minimum atomic E-state index is -4.60. The molecule has 0 aromatic rings. The Kier molecular flexibility index (Phi) is 30.3. The van der Waals surface area contributed by atoms with E-state index in [-0.39, 0.29) is 19.4 Å². The van der Waals surface area contributed by atoms with E-state index in [1.807, 2.05) is 0 Å². The Bertz CT molecular complexity index is 1070. The number of esters is 2. The average Bonchev–Trinajstić information content (AvgIpc) is 3.13. The highest BCUT2D eigenvalue weighted by Crippen LogP contribution is 2.24. The first-order valence-corrected chi connectivity index (χ1v) is 22.9. The van der Waals surface area contributed by atoms with Crippen LogP contribution in [0.4, 0.5) is 0 Å². The minimum Gasteiger partial charge on any atom is -0.462 e. The van der Waals surface area contributed by atoms with Gasteiger partial charge in [-0.2, -0.15) is 8.42 Å². The van der Waals surface area contributed by atoms with Crippen LogP contribution < -0.4 is 0 Å². The zero-order valence-electron chi connectivity index (χ0n) is 33.6. The lowest BCUT2D eigenvalue weighted by Crippen LogP contribution is -2.60. The van der Waals surface area contributed by atoms with Crippen LogP contribution in [0.1, 0.15) is 181 Å². The summed E-state index contributed by atoms with van der Waals surface area (Å²) in [5, 5.41) is 30.8. The highest BCUT2D eigenvalue weighted by Gasteiger charge is 2.46. The molecule has 1 heterocycles. The average molecular weight is 793 g/mol. The van der Waals surface area contributed by atoms with Crippen LogP contribution in [0.25, 0.3) is 0 Å². The van der Waals surface area contributed by atoms with Gasteiger partial charge in [-0.1, -0.05) is 148 Å². The minimum absolute atomic E-state index is 0.157. The van der Waals surface area contributed by atoms with E-state index in [1.165, 1.54) is 83.5 Å². The summed E-state index contributed by atoms with van der Waals surface area (Å²) >= 11 is 0. The lowest BCUT2D eigenvalue weighted by molar-refractivity contribution is -0.297. The molecule has 0 radical (unpaired) electrons. The smallest absolute Gasteiger partial charge is 0.306 e. The Morgan fingerprint density at radius 2 is 1.07 bits per heavy atom. The second-order valence-corrected chi connectivity index (χ2v) is 16.5. The summed E-state index contributed by atoms with van der Waals surface area (Å²) in [6.07, 6.45) is 22.7. The van der Waals surface area contributed by atoms with Crippen LogP contribution >= 0.6 is 0 Å². The van der Waals surface area contributed by atoms with Crippen molar-refractivity contribution >= 4 is 22.1 Å². The predicted molar refractivity (Wildman–Crippen MR) is 210 cm³/mol. The second kappa shape index (κ2) is 32.5. The lowest BCUT2D eigenvalue weighted by atomic mass is 10.00. The standard InChI is InChI=1S/C41H76O12S/c1-3-5-7-9-11-13-15-16-17-18-20-21-23-25-27-29-36(42)50-31-34(52-37(43)30-28-26-24-22-19-14-12-10-8-6-4-2)32-51-41-40(46)39(45)38(44)35(53-41)33-54(47,48)49/h10,12,34-35,38-41,44-46H,3-9,11,13-33H2,1-2H3,(H,47,48,49)/b12-10+/t34-,35-,38-,39?,40?,41+/m1/s1. The van der Waals surface area contributed by atoms with Crippen molar-refractivity contribution in [1.29, 1.82) is 0 Å². The van der Waals surface area contributed by atoms with Crippen molar-refractivity contribution in [2.45, 2.75) is 218 Å². The van der Waals surface area contributed by atoms with Gasteiger partial charge in [0.1, 0.15) is 36.8 Å². The van der Waals surface area contributed by atoms with E-state index in [1.54, 1.807) is 0 Å². The quantitative estimate of drug-likeness (QED) is 0.0211. The van der Waals surface area contributed by atoms with E-state index in [9.17, 15) is 37.9 Å². The molecule has 0 aromatic heterocycles.